The second-order valence-electron chi connectivity index (χ2n) is 7.80. The minimum Gasteiger partial charge on any atom is -0.490 e. The average Bonchev–Trinajstić information content (AvgIpc) is 2.83. The number of rotatable bonds is 6. The average molecular weight is 421 g/mol. The number of ether oxygens (including phenoxy) is 2. The van der Waals surface area contributed by atoms with Crippen molar-refractivity contribution in [3.8, 4) is 11.5 Å². The van der Waals surface area contributed by atoms with Crippen molar-refractivity contribution in [1.29, 1.82) is 0 Å². The molecule has 4 rings (SSSR count). The van der Waals surface area contributed by atoms with Crippen molar-refractivity contribution in [2.45, 2.75) is 32.7 Å². The van der Waals surface area contributed by atoms with E-state index in [4.69, 9.17) is 9.47 Å². The Morgan fingerprint density at radius 3 is 2.71 bits per heavy atom. The van der Waals surface area contributed by atoms with Crippen LogP contribution in [0, 0.1) is 0 Å². The van der Waals surface area contributed by atoms with Crippen molar-refractivity contribution < 1.29 is 19.1 Å². The number of carbonyl (C=O) groups excluding carboxylic acids is 2. The second-order valence-corrected chi connectivity index (χ2v) is 7.80. The molecule has 2 amide bonds. The topological polar surface area (TPSA) is 67.9 Å². The summed E-state index contributed by atoms with van der Waals surface area (Å²) in [4.78, 5) is 27.3. The Bertz CT molecular complexity index is 993. The number of piperidine rings is 1. The summed E-state index contributed by atoms with van der Waals surface area (Å²) in [6.07, 6.45) is 5.15. The summed E-state index contributed by atoms with van der Waals surface area (Å²) in [7, 11) is 0. The van der Waals surface area contributed by atoms with Gasteiger partial charge in [-0.3, -0.25) is 9.59 Å². The molecule has 1 N–H and O–H groups in total. The molecule has 0 saturated carbocycles. The smallest absolute Gasteiger partial charge is 0.253 e. The Labute approximate surface area is 182 Å². The van der Waals surface area contributed by atoms with Gasteiger partial charge in [0, 0.05) is 30.8 Å². The molecule has 0 atom stereocenters. The molecule has 6 nitrogen and oxygen atoms in total. The van der Waals surface area contributed by atoms with Crippen LogP contribution in [0.4, 0.5) is 0 Å². The maximum absolute atomic E-state index is 12.7. The highest BCUT2D eigenvalue weighted by atomic mass is 16.5. The molecule has 31 heavy (non-hydrogen) atoms. The van der Waals surface area contributed by atoms with Crippen LogP contribution in [0.5, 0.6) is 11.5 Å². The van der Waals surface area contributed by atoms with Gasteiger partial charge >= 0.3 is 0 Å². The van der Waals surface area contributed by atoms with Gasteiger partial charge in [0.15, 0.2) is 11.5 Å². The van der Waals surface area contributed by atoms with Crippen molar-refractivity contribution in [2.24, 2.45) is 0 Å². The Kier molecular flexibility index (Phi) is 6.55. The number of likely N-dealkylation sites (tertiary alicyclic amines) is 1. The molecule has 2 aliphatic rings. The molecule has 0 aromatic heterocycles. The summed E-state index contributed by atoms with van der Waals surface area (Å²) >= 11 is 0. The first-order valence-electron chi connectivity index (χ1n) is 10.9. The van der Waals surface area contributed by atoms with E-state index >= 15 is 0 Å². The lowest BCUT2D eigenvalue weighted by molar-refractivity contribution is -0.117. The maximum Gasteiger partial charge on any atom is 0.253 e. The quantitative estimate of drug-likeness (QED) is 0.772. The molecule has 0 spiro atoms. The van der Waals surface area contributed by atoms with Gasteiger partial charge in [0.25, 0.3) is 11.8 Å². The Morgan fingerprint density at radius 1 is 1.10 bits per heavy atom. The minimum absolute atomic E-state index is 0.0676. The van der Waals surface area contributed by atoms with E-state index in [1.165, 1.54) is 6.42 Å². The number of benzene rings is 2. The zero-order valence-corrected chi connectivity index (χ0v) is 17.9. The van der Waals surface area contributed by atoms with E-state index in [0.29, 0.717) is 35.8 Å². The molecule has 162 valence electrons. The van der Waals surface area contributed by atoms with Crippen molar-refractivity contribution in [3.63, 3.8) is 0 Å². The van der Waals surface area contributed by atoms with Gasteiger partial charge in [-0.05, 0) is 56.0 Å². The molecule has 2 heterocycles. The molecule has 0 bridgehead atoms. The molecule has 0 radical (unpaired) electrons. The van der Waals surface area contributed by atoms with E-state index in [9.17, 15) is 9.59 Å². The van der Waals surface area contributed by atoms with Crippen molar-refractivity contribution in [1.82, 2.24) is 10.2 Å². The second kappa shape index (κ2) is 9.69. The zero-order chi connectivity index (χ0) is 21.6. The molecule has 2 aromatic rings. The van der Waals surface area contributed by atoms with E-state index < -0.39 is 0 Å². The summed E-state index contributed by atoms with van der Waals surface area (Å²) in [5.74, 6) is 1.24. The van der Waals surface area contributed by atoms with Gasteiger partial charge in [-0.2, -0.15) is 0 Å². The highest BCUT2D eigenvalue weighted by Gasteiger charge is 2.21. The fourth-order valence-corrected chi connectivity index (χ4v) is 3.97. The Morgan fingerprint density at radius 2 is 1.90 bits per heavy atom. The van der Waals surface area contributed by atoms with Crippen LogP contribution in [0.3, 0.4) is 0 Å². The molecule has 1 saturated heterocycles. The normalized spacial score (nSPS) is 15.4. The number of amides is 2. The van der Waals surface area contributed by atoms with Crippen LogP contribution in [0.25, 0.3) is 6.08 Å². The standard InChI is InChI=1S/C25H28N2O4/c1-2-30-22-11-7-9-19-15-21(17-31-23(19)22)24(28)26-16-18-8-6-10-20(14-18)25(29)27-12-4-3-5-13-27/h6-11,14-15H,2-5,12-13,16-17H2,1H3,(H,26,28). The summed E-state index contributed by atoms with van der Waals surface area (Å²) in [5.41, 5.74) is 2.96. The van der Waals surface area contributed by atoms with Crippen LogP contribution in [-0.4, -0.2) is 43.0 Å². The number of hydrogen-bond acceptors (Lipinski definition) is 4. The van der Waals surface area contributed by atoms with Gasteiger partial charge in [-0.15, -0.1) is 0 Å². The third-order valence-electron chi connectivity index (χ3n) is 5.57. The lowest BCUT2D eigenvalue weighted by Crippen LogP contribution is -2.35. The number of nitrogens with one attached hydrogen (secondary N) is 1. The summed E-state index contributed by atoms with van der Waals surface area (Å²) < 4.78 is 11.4. The largest absolute Gasteiger partial charge is 0.490 e. The van der Waals surface area contributed by atoms with Crippen molar-refractivity contribution in [2.75, 3.05) is 26.3 Å². The monoisotopic (exact) mass is 420 g/mol. The lowest BCUT2D eigenvalue weighted by atomic mass is 10.1. The lowest BCUT2D eigenvalue weighted by Gasteiger charge is -2.26. The number of carbonyl (C=O) groups is 2. The first-order valence-corrected chi connectivity index (χ1v) is 10.9. The predicted octanol–water partition coefficient (Wildman–Crippen LogP) is 3.80. The number of para-hydroxylation sites is 1. The molecular formula is C25H28N2O4. The van der Waals surface area contributed by atoms with E-state index in [-0.39, 0.29) is 18.4 Å². The van der Waals surface area contributed by atoms with Gasteiger partial charge in [0.05, 0.1) is 12.2 Å². The first kappa shape index (κ1) is 21.0. The van der Waals surface area contributed by atoms with Crippen molar-refractivity contribution >= 4 is 17.9 Å². The summed E-state index contributed by atoms with van der Waals surface area (Å²) in [5, 5.41) is 2.94. The van der Waals surface area contributed by atoms with Gasteiger partial charge in [-0.1, -0.05) is 24.3 Å². The van der Waals surface area contributed by atoms with Gasteiger partial charge < -0.3 is 19.7 Å². The van der Waals surface area contributed by atoms with Crippen molar-refractivity contribution in [3.05, 3.63) is 64.7 Å². The highest BCUT2D eigenvalue weighted by Crippen LogP contribution is 2.35. The molecule has 2 aromatic carbocycles. The molecule has 1 fully saturated rings. The summed E-state index contributed by atoms with van der Waals surface area (Å²) in [6, 6.07) is 13.1. The van der Waals surface area contributed by atoms with Crippen LogP contribution in [-0.2, 0) is 11.3 Å². The van der Waals surface area contributed by atoms with Crippen LogP contribution in [0.15, 0.2) is 48.0 Å². The maximum atomic E-state index is 12.7. The predicted molar refractivity (Wildman–Crippen MR) is 119 cm³/mol. The van der Waals surface area contributed by atoms with E-state index in [0.717, 1.165) is 37.1 Å². The Hall–Kier alpha value is -3.28. The number of nitrogens with zero attached hydrogens (tertiary/aromatic N) is 1. The van der Waals surface area contributed by atoms with E-state index in [1.54, 1.807) is 0 Å². The molecule has 0 unspecified atom stereocenters. The Balaban J connectivity index is 1.40. The first-order chi connectivity index (χ1) is 15.2. The van der Waals surface area contributed by atoms with Crippen LogP contribution >= 0.6 is 0 Å². The fourth-order valence-electron chi connectivity index (χ4n) is 3.97. The zero-order valence-electron chi connectivity index (χ0n) is 17.9. The summed E-state index contributed by atoms with van der Waals surface area (Å²) in [6.45, 7) is 4.66. The number of fused-ring (bicyclic) bond motifs is 1. The van der Waals surface area contributed by atoms with Gasteiger partial charge in [-0.25, -0.2) is 0 Å². The molecule has 6 heteroatoms. The third kappa shape index (κ3) is 4.90. The van der Waals surface area contributed by atoms with Gasteiger partial charge in [0.2, 0.25) is 0 Å². The third-order valence-corrected chi connectivity index (χ3v) is 5.57. The minimum atomic E-state index is -0.180. The van der Waals surface area contributed by atoms with Gasteiger partial charge in [0.1, 0.15) is 6.61 Å². The SMILES string of the molecule is CCOc1cccc2c1OCC(C(=O)NCc1cccc(C(=O)N3CCCCC3)c1)=C2. The molecule has 0 aliphatic carbocycles. The van der Waals surface area contributed by atoms with E-state index in [2.05, 4.69) is 5.32 Å². The molecular weight excluding hydrogens is 392 g/mol. The number of hydrogen-bond donors (Lipinski definition) is 1. The fraction of sp³-hybridized carbons (Fsp3) is 0.360. The van der Waals surface area contributed by atoms with Crippen LogP contribution in [0.2, 0.25) is 0 Å². The highest BCUT2D eigenvalue weighted by molar-refractivity contribution is 5.99. The van der Waals surface area contributed by atoms with Crippen LogP contribution < -0.4 is 14.8 Å². The van der Waals surface area contributed by atoms with E-state index in [1.807, 2.05) is 60.4 Å². The molecule has 2 aliphatic heterocycles. The van der Waals surface area contributed by atoms with Crippen LogP contribution in [0.1, 0.15) is 47.7 Å².